The molecule has 6 heteroatoms. The lowest BCUT2D eigenvalue weighted by Crippen LogP contribution is -2.46. The van der Waals surface area contributed by atoms with Crippen LogP contribution in [0.3, 0.4) is 0 Å². The maximum Gasteiger partial charge on any atom is 0.306 e. The van der Waals surface area contributed by atoms with Gasteiger partial charge in [-0.2, -0.15) is 0 Å². The Morgan fingerprint density at radius 3 is 1.52 bits per heavy atom. The van der Waals surface area contributed by atoms with Gasteiger partial charge < -0.3 is 20.3 Å². The highest BCUT2D eigenvalue weighted by molar-refractivity contribution is 5.77. The maximum atomic E-state index is 13.0. The average Bonchev–Trinajstić information content (AvgIpc) is 3.10. The first kappa shape index (κ1) is 48.3. The monoisotopic (exact) mass is 706 g/mol. The molecule has 6 nitrogen and oxygen atoms in total. The van der Waals surface area contributed by atoms with Gasteiger partial charge in [-0.3, -0.25) is 9.59 Å². The molecular weight excluding hydrogens is 622 g/mol. The number of allylic oxidation sites excluding steroid dienone is 4. The minimum atomic E-state index is -0.789. The van der Waals surface area contributed by atoms with Crippen molar-refractivity contribution in [2.45, 2.75) is 238 Å². The van der Waals surface area contributed by atoms with Crippen LogP contribution in [0, 0.1) is 0 Å². The zero-order chi connectivity index (χ0) is 36.8. The van der Waals surface area contributed by atoms with Crippen molar-refractivity contribution >= 4 is 11.9 Å². The van der Waals surface area contributed by atoms with Crippen LogP contribution in [0.25, 0.3) is 0 Å². The van der Waals surface area contributed by atoms with E-state index >= 15 is 0 Å². The summed E-state index contributed by atoms with van der Waals surface area (Å²) < 4.78 is 5.86. The molecule has 1 amide bonds. The molecule has 0 saturated carbocycles. The summed E-state index contributed by atoms with van der Waals surface area (Å²) in [6.45, 7) is 6.39. The summed E-state index contributed by atoms with van der Waals surface area (Å²) in [4.78, 5) is 25.8. The number of esters is 1. The van der Waals surface area contributed by atoms with E-state index in [1.165, 1.54) is 109 Å². The second-order valence-corrected chi connectivity index (χ2v) is 14.7. The molecule has 0 bridgehead atoms. The minimum absolute atomic E-state index is 0.0558. The van der Waals surface area contributed by atoms with Gasteiger partial charge in [0.05, 0.1) is 25.2 Å². The van der Waals surface area contributed by atoms with Gasteiger partial charge in [-0.05, 0) is 64.2 Å². The molecule has 3 N–H and O–H groups in total. The summed E-state index contributed by atoms with van der Waals surface area (Å²) in [5, 5.41) is 23.5. The Hall–Kier alpha value is -1.66. The molecule has 0 aliphatic heterocycles. The number of carbonyl (C=O) groups is 2. The van der Waals surface area contributed by atoms with Crippen LogP contribution < -0.4 is 5.32 Å². The summed E-state index contributed by atoms with van der Waals surface area (Å²) >= 11 is 0. The van der Waals surface area contributed by atoms with Gasteiger partial charge >= 0.3 is 5.97 Å². The van der Waals surface area contributed by atoms with E-state index in [1.807, 2.05) is 0 Å². The van der Waals surface area contributed by atoms with Crippen molar-refractivity contribution in [3.63, 3.8) is 0 Å². The van der Waals surface area contributed by atoms with E-state index in [-0.39, 0.29) is 24.9 Å². The van der Waals surface area contributed by atoms with Gasteiger partial charge in [0.25, 0.3) is 0 Å². The number of amides is 1. The third kappa shape index (κ3) is 33.5. The Morgan fingerprint density at radius 1 is 0.560 bits per heavy atom. The average molecular weight is 706 g/mol. The lowest BCUT2D eigenvalue weighted by Gasteiger charge is -2.24. The Labute approximate surface area is 310 Å². The molecule has 0 radical (unpaired) electrons. The molecular formula is C44H83NO5. The molecule has 0 aromatic carbocycles. The SMILES string of the molecule is CCCC/C=C\CCCCCCCC(=O)OC(CCC/C=C\CCCCCCCC)CC(=O)NC(CO)C(O)CCCCCCCCCCC. The van der Waals surface area contributed by atoms with Crippen LogP contribution in [-0.2, 0) is 14.3 Å². The van der Waals surface area contributed by atoms with E-state index < -0.39 is 18.2 Å². The van der Waals surface area contributed by atoms with E-state index in [0.29, 0.717) is 19.3 Å². The molecule has 0 heterocycles. The predicted octanol–water partition coefficient (Wildman–Crippen LogP) is 12.0. The zero-order valence-electron chi connectivity index (χ0n) is 33.3. The first-order valence-corrected chi connectivity index (χ1v) is 21.6. The molecule has 0 aromatic heterocycles. The van der Waals surface area contributed by atoms with Crippen LogP contribution in [0.2, 0.25) is 0 Å². The van der Waals surface area contributed by atoms with Crippen molar-refractivity contribution in [2.24, 2.45) is 0 Å². The summed E-state index contributed by atoms with van der Waals surface area (Å²) in [6, 6.07) is -0.704. The van der Waals surface area contributed by atoms with Gasteiger partial charge in [0.15, 0.2) is 0 Å². The quantitative estimate of drug-likeness (QED) is 0.0337. The van der Waals surface area contributed by atoms with Gasteiger partial charge in [-0.25, -0.2) is 0 Å². The summed E-state index contributed by atoms with van der Waals surface area (Å²) in [6.07, 6.45) is 41.0. The first-order chi connectivity index (χ1) is 24.5. The number of rotatable bonds is 38. The summed E-state index contributed by atoms with van der Waals surface area (Å²) in [5.41, 5.74) is 0. The Bertz CT molecular complexity index is 797. The molecule has 50 heavy (non-hydrogen) atoms. The van der Waals surface area contributed by atoms with Crippen LogP contribution in [0.4, 0.5) is 0 Å². The van der Waals surface area contributed by atoms with Crippen molar-refractivity contribution in [2.75, 3.05) is 6.61 Å². The normalized spacial score (nSPS) is 13.6. The van der Waals surface area contributed by atoms with E-state index in [4.69, 9.17) is 4.74 Å². The summed E-state index contributed by atoms with van der Waals surface area (Å²) in [5.74, 6) is -0.514. The highest BCUT2D eigenvalue weighted by atomic mass is 16.5. The number of nitrogens with one attached hydrogen (secondary N) is 1. The number of aliphatic hydroxyl groups is 2. The van der Waals surface area contributed by atoms with Crippen LogP contribution in [-0.4, -0.2) is 46.9 Å². The van der Waals surface area contributed by atoms with Crippen LogP contribution in [0.1, 0.15) is 220 Å². The number of hydrogen-bond donors (Lipinski definition) is 3. The van der Waals surface area contributed by atoms with Crippen LogP contribution >= 0.6 is 0 Å². The van der Waals surface area contributed by atoms with Crippen molar-refractivity contribution in [1.29, 1.82) is 0 Å². The van der Waals surface area contributed by atoms with E-state index in [0.717, 1.165) is 64.2 Å². The van der Waals surface area contributed by atoms with Crippen molar-refractivity contribution in [3.8, 4) is 0 Å². The van der Waals surface area contributed by atoms with Crippen LogP contribution in [0.5, 0.6) is 0 Å². The van der Waals surface area contributed by atoms with Crippen molar-refractivity contribution in [3.05, 3.63) is 24.3 Å². The van der Waals surface area contributed by atoms with Gasteiger partial charge in [0, 0.05) is 6.42 Å². The third-order valence-electron chi connectivity index (χ3n) is 9.75. The van der Waals surface area contributed by atoms with Gasteiger partial charge in [0.2, 0.25) is 5.91 Å². The van der Waals surface area contributed by atoms with Crippen molar-refractivity contribution in [1.82, 2.24) is 5.32 Å². The molecule has 0 aliphatic rings. The van der Waals surface area contributed by atoms with E-state index in [1.54, 1.807) is 0 Å². The van der Waals surface area contributed by atoms with Gasteiger partial charge in [-0.15, -0.1) is 0 Å². The molecule has 294 valence electrons. The highest BCUT2D eigenvalue weighted by Gasteiger charge is 2.24. The van der Waals surface area contributed by atoms with Gasteiger partial charge in [-0.1, -0.05) is 167 Å². The standard InChI is InChI=1S/C44H83NO5/c1-4-7-10-13-16-19-21-24-26-29-32-35-40(50-44(49)37-34-31-28-25-22-20-17-14-11-8-5-2)38-43(48)45-41(39-46)42(47)36-33-30-27-23-18-15-12-9-6-3/h14,17,24,26,40-42,46-47H,4-13,15-16,18-23,25,27-39H2,1-3H3,(H,45,48)/b17-14-,26-24-. The maximum absolute atomic E-state index is 13.0. The predicted molar refractivity (Wildman–Crippen MR) is 213 cm³/mol. The fraction of sp³-hybridized carbons (Fsp3) is 0.864. The number of ether oxygens (including phenoxy) is 1. The number of carbonyl (C=O) groups excluding carboxylic acids is 2. The fourth-order valence-electron chi connectivity index (χ4n) is 6.41. The molecule has 0 spiro atoms. The van der Waals surface area contributed by atoms with Crippen LogP contribution in [0.15, 0.2) is 24.3 Å². The molecule has 0 rings (SSSR count). The topological polar surface area (TPSA) is 95.9 Å². The minimum Gasteiger partial charge on any atom is -0.462 e. The largest absolute Gasteiger partial charge is 0.462 e. The third-order valence-corrected chi connectivity index (χ3v) is 9.75. The second kappa shape index (κ2) is 38.6. The molecule has 3 unspecified atom stereocenters. The lowest BCUT2D eigenvalue weighted by atomic mass is 10.0. The smallest absolute Gasteiger partial charge is 0.306 e. The fourth-order valence-corrected chi connectivity index (χ4v) is 6.41. The first-order valence-electron chi connectivity index (χ1n) is 21.6. The molecule has 0 saturated heterocycles. The molecule has 3 atom stereocenters. The number of hydrogen-bond acceptors (Lipinski definition) is 5. The van der Waals surface area contributed by atoms with E-state index in [9.17, 15) is 19.8 Å². The van der Waals surface area contributed by atoms with Gasteiger partial charge in [0.1, 0.15) is 6.10 Å². The van der Waals surface area contributed by atoms with Crippen molar-refractivity contribution < 1.29 is 24.5 Å². The Morgan fingerprint density at radius 2 is 1.00 bits per heavy atom. The molecule has 0 fully saturated rings. The number of aliphatic hydroxyl groups excluding tert-OH is 2. The number of unbranched alkanes of at least 4 members (excludes halogenated alkanes) is 22. The molecule has 0 aliphatic carbocycles. The lowest BCUT2D eigenvalue weighted by molar-refractivity contribution is -0.151. The Balaban J connectivity index is 4.65. The zero-order valence-corrected chi connectivity index (χ0v) is 33.3. The second-order valence-electron chi connectivity index (χ2n) is 14.7. The highest BCUT2D eigenvalue weighted by Crippen LogP contribution is 2.16. The summed E-state index contributed by atoms with van der Waals surface area (Å²) in [7, 11) is 0. The molecule has 0 aromatic rings. The van der Waals surface area contributed by atoms with E-state index in [2.05, 4.69) is 50.4 Å². The Kier molecular flexibility index (Phi) is 37.3.